The van der Waals surface area contributed by atoms with Crippen LogP contribution in [-0.2, 0) is 11.2 Å². The molecule has 1 fully saturated rings. The Morgan fingerprint density at radius 2 is 2.17 bits per heavy atom. The molecule has 1 atom stereocenters. The van der Waals surface area contributed by atoms with Crippen molar-refractivity contribution >= 4 is 5.91 Å². The number of nitrogens with zero attached hydrogens (tertiary/aromatic N) is 3. The maximum Gasteiger partial charge on any atom is 0.242 e. The van der Waals surface area contributed by atoms with Crippen molar-refractivity contribution in [2.75, 3.05) is 20.6 Å². The van der Waals surface area contributed by atoms with E-state index in [1.54, 1.807) is 37.2 Å². The molecule has 128 valence electrons. The molecule has 1 saturated carbocycles. The predicted octanol–water partition coefficient (Wildman–Crippen LogP) is 2.05. The van der Waals surface area contributed by atoms with Gasteiger partial charge in [0, 0.05) is 24.4 Å². The molecule has 1 aromatic carbocycles. The summed E-state index contributed by atoms with van der Waals surface area (Å²) >= 11 is 0. The second-order valence-corrected chi connectivity index (χ2v) is 6.25. The average Bonchev–Trinajstić information content (AvgIpc) is 3.29. The molecule has 6 nitrogen and oxygen atoms in total. The van der Waals surface area contributed by atoms with Gasteiger partial charge in [-0.15, -0.1) is 0 Å². The van der Waals surface area contributed by atoms with E-state index in [1.807, 2.05) is 0 Å². The molecule has 0 radical (unpaired) electrons. The first-order valence-corrected chi connectivity index (χ1v) is 8.07. The van der Waals surface area contributed by atoms with Crippen molar-refractivity contribution in [2.24, 2.45) is 0 Å². The maximum absolute atomic E-state index is 14.0. The van der Waals surface area contributed by atoms with E-state index in [0.717, 1.165) is 18.7 Å². The third kappa shape index (κ3) is 3.79. The fourth-order valence-corrected chi connectivity index (χ4v) is 2.62. The lowest BCUT2D eigenvalue weighted by molar-refractivity contribution is -0.125. The fourth-order valence-electron chi connectivity index (χ4n) is 2.62. The zero-order chi connectivity index (χ0) is 17.1. The summed E-state index contributed by atoms with van der Waals surface area (Å²) in [5, 5.41) is 6.76. The summed E-state index contributed by atoms with van der Waals surface area (Å²) in [5.41, 5.74) is 0.355. The van der Waals surface area contributed by atoms with E-state index in [1.165, 1.54) is 6.07 Å². The Morgan fingerprint density at radius 3 is 2.83 bits per heavy atom. The van der Waals surface area contributed by atoms with Crippen molar-refractivity contribution in [3.8, 4) is 0 Å². The number of halogens is 1. The van der Waals surface area contributed by atoms with Gasteiger partial charge in [0.25, 0.3) is 0 Å². The molecule has 0 spiro atoms. The van der Waals surface area contributed by atoms with Crippen LogP contribution in [0.25, 0.3) is 0 Å². The van der Waals surface area contributed by atoms with Gasteiger partial charge in [0.15, 0.2) is 5.82 Å². The minimum atomic E-state index is -0.684. The van der Waals surface area contributed by atoms with Crippen molar-refractivity contribution in [3.05, 3.63) is 47.4 Å². The van der Waals surface area contributed by atoms with Crippen molar-refractivity contribution < 1.29 is 13.7 Å². The molecule has 1 aliphatic carbocycles. The summed E-state index contributed by atoms with van der Waals surface area (Å²) in [6, 6.07) is 5.63. The van der Waals surface area contributed by atoms with Crippen molar-refractivity contribution in [1.82, 2.24) is 20.4 Å². The third-order valence-electron chi connectivity index (χ3n) is 4.03. The number of hydrogen-bond acceptors (Lipinski definition) is 5. The molecule has 1 aliphatic rings. The number of hydrogen-bond donors (Lipinski definition) is 1. The van der Waals surface area contributed by atoms with E-state index >= 15 is 0 Å². The first-order chi connectivity index (χ1) is 11.6. The molecule has 2 aromatic rings. The fraction of sp³-hybridized carbons (Fsp3) is 0.471. The first kappa shape index (κ1) is 16.6. The summed E-state index contributed by atoms with van der Waals surface area (Å²) in [5.74, 6) is 1.07. The average molecular weight is 332 g/mol. The minimum absolute atomic E-state index is 0.257. The highest BCUT2D eigenvalue weighted by Gasteiger charge is 2.29. The third-order valence-corrected chi connectivity index (χ3v) is 4.03. The Kier molecular flexibility index (Phi) is 4.89. The Hall–Kier alpha value is -2.28. The molecule has 0 bridgehead atoms. The van der Waals surface area contributed by atoms with Crippen LogP contribution in [0.4, 0.5) is 4.39 Å². The maximum atomic E-state index is 14.0. The highest BCUT2D eigenvalue weighted by atomic mass is 19.1. The van der Waals surface area contributed by atoms with Gasteiger partial charge in [-0.2, -0.15) is 4.98 Å². The highest BCUT2D eigenvalue weighted by molar-refractivity contribution is 5.83. The number of nitrogens with one attached hydrogen (secondary N) is 1. The smallest absolute Gasteiger partial charge is 0.242 e. The molecule has 1 heterocycles. The Morgan fingerprint density at radius 1 is 1.42 bits per heavy atom. The Balaban J connectivity index is 1.58. The summed E-state index contributed by atoms with van der Waals surface area (Å²) in [7, 11) is 3.49. The van der Waals surface area contributed by atoms with Crippen LogP contribution in [0.2, 0.25) is 0 Å². The van der Waals surface area contributed by atoms with Crippen molar-refractivity contribution in [2.45, 2.75) is 31.2 Å². The summed E-state index contributed by atoms with van der Waals surface area (Å²) in [6.07, 6.45) is 2.69. The number of rotatable bonds is 7. The number of benzene rings is 1. The van der Waals surface area contributed by atoms with Gasteiger partial charge >= 0.3 is 0 Å². The number of aromatic nitrogens is 2. The van der Waals surface area contributed by atoms with Crippen LogP contribution < -0.4 is 5.32 Å². The van der Waals surface area contributed by atoms with Crippen LogP contribution in [-0.4, -0.2) is 41.6 Å². The number of amides is 1. The Labute approximate surface area is 140 Å². The van der Waals surface area contributed by atoms with Gasteiger partial charge in [-0.05, 0) is 33.0 Å². The van der Waals surface area contributed by atoms with Crippen LogP contribution >= 0.6 is 0 Å². The molecule has 3 rings (SSSR count). The molecule has 1 aromatic heterocycles. The highest BCUT2D eigenvalue weighted by Crippen LogP contribution is 2.38. The number of carbonyl (C=O) groups is 1. The van der Waals surface area contributed by atoms with E-state index in [2.05, 4.69) is 15.5 Å². The first-order valence-electron chi connectivity index (χ1n) is 8.07. The molecule has 1 N–H and O–H groups in total. The van der Waals surface area contributed by atoms with Crippen LogP contribution in [0.3, 0.4) is 0 Å². The zero-order valence-electron chi connectivity index (χ0n) is 13.8. The standard InChI is InChI=1S/C17H21FN4O2/c1-22(2)15(12-5-3-4-6-13(12)18)17(23)19-10-9-14-20-16(21-24-14)11-7-8-11/h3-6,11,15H,7-10H2,1-2H3,(H,19,23). The zero-order valence-corrected chi connectivity index (χ0v) is 13.8. The molecular formula is C17H21FN4O2. The molecule has 0 aliphatic heterocycles. The second-order valence-electron chi connectivity index (χ2n) is 6.25. The SMILES string of the molecule is CN(C)C(C(=O)NCCc1nc(C2CC2)no1)c1ccccc1F. The van der Waals surface area contributed by atoms with Gasteiger partial charge in [-0.1, -0.05) is 23.4 Å². The number of likely N-dealkylation sites (N-methyl/N-ethyl adjacent to an activating group) is 1. The van der Waals surface area contributed by atoms with E-state index in [-0.39, 0.29) is 5.91 Å². The second kappa shape index (κ2) is 7.09. The van der Waals surface area contributed by atoms with Gasteiger partial charge < -0.3 is 9.84 Å². The van der Waals surface area contributed by atoms with E-state index in [9.17, 15) is 9.18 Å². The summed E-state index contributed by atoms with van der Waals surface area (Å²) in [6.45, 7) is 0.365. The molecule has 7 heteroatoms. The lowest BCUT2D eigenvalue weighted by atomic mass is 10.0. The van der Waals surface area contributed by atoms with E-state index < -0.39 is 11.9 Å². The Bertz CT molecular complexity index is 712. The van der Waals surface area contributed by atoms with Gasteiger partial charge in [-0.3, -0.25) is 9.69 Å². The molecule has 1 unspecified atom stereocenters. The van der Waals surface area contributed by atoms with E-state index in [0.29, 0.717) is 30.3 Å². The topological polar surface area (TPSA) is 71.3 Å². The van der Waals surface area contributed by atoms with Gasteiger partial charge in [0.2, 0.25) is 11.8 Å². The van der Waals surface area contributed by atoms with Gasteiger partial charge in [0.05, 0.1) is 0 Å². The van der Waals surface area contributed by atoms with Gasteiger partial charge in [0.1, 0.15) is 11.9 Å². The molecule has 1 amide bonds. The van der Waals surface area contributed by atoms with E-state index in [4.69, 9.17) is 4.52 Å². The minimum Gasteiger partial charge on any atom is -0.354 e. The largest absolute Gasteiger partial charge is 0.354 e. The van der Waals surface area contributed by atoms with Crippen LogP contribution in [0.1, 0.15) is 42.1 Å². The predicted molar refractivity (Wildman–Crippen MR) is 85.8 cm³/mol. The normalized spacial score (nSPS) is 15.5. The monoisotopic (exact) mass is 332 g/mol. The summed E-state index contributed by atoms with van der Waals surface area (Å²) in [4.78, 5) is 18.5. The molecule has 24 heavy (non-hydrogen) atoms. The van der Waals surface area contributed by atoms with Gasteiger partial charge in [-0.25, -0.2) is 4.39 Å². The molecule has 0 saturated heterocycles. The molecular weight excluding hydrogens is 311 g/mol. The quantitative estimate of drug-likeness (QED) is 0.840. The lowest BCUT2D eigenvalue weighted by Crippen LogP contribution is -2.38. The van der Waals surface area contributed by atoms with Crippen molar-refractivity contribution in [1.29, 1.82) is 0 Å². The van der Waals surface area contributed by atoms with Crippen molar-refractivity contribution in [3.63, 3.8) is 0 Å². The van der Waals surface area contributed by atoms with Crippen LogP contribution in [0.5, 0.6) is 0 Å². The summed E-state index contributed by atoms with van der Waals surface area (Å²) < 4.78 is 19.2. The van der Waals surface area contributed by atoms with Crippen LogP contribution in [0.15, 0.2) is 28.8 Å². The lowest BCUT2D eigenvalue weighted by Gasteiger charge is -2.24. The number of carbonyl (C=O) groups excluding carboxylic acids is 1. The van der Waals surface area contributed by atoms with Crippen LogP contribution in [0, 0.1) is 5.82 Å².